The number of benzene rings is 3. The summed E-state index contributed by atoms with van der Waals surface area (Å²) < 4.78 is 25.2. The highest BCUT2D eigenvalue weighted by Gasteiger charge is 2.35. The number of rotatable bonds is 8. The van der Waals surface area contributed by atoms with E-state index in [1.165, 1.54) is 17.8 Å². The van der Waals surface area contributed by atoms with Crippen LogP contribution in [0.2, 0.25) is 0 Å². The number of ether oxygens (including phenoxy) is 2. The van der Waals surface area contributed by atoms with Crippen molar-refractivity contribution in [2.75, 3.05) is 13.2 Å². The molecule has 1 amide bonds. The summed E-state index contributed by atoms with van der Waals surface area (Å²) in [7, 11) is 0. The molecule has 1 unspecified atom stereocenters. The van der Waals surface area contributed by atoms with Gasteiger partial charge < -0.3 is 14.6 Å². The first-order chi connectivity index (χ1) is 18.4. The zero-order chi connectivity index (χ0) is 26.6. The maximum Gasteiger partial charge on any atom is 0.341 e. The maximum atomic E-state index is 14.1. The summed E-state index contributed by atoms with van der Waals surface area (Å²) >= 11 is 1.21. The minimum atomic E-state index is -1.11. The van der Waals surface area contributed by atoms with Crippen LogP contribution in [0.15, 0.2) is 76.8 Å². The quantitative estimate of drug-likeness (QED) is 0.457. The lowest BCUT2D eigenvalue weighted by Crippen LogP contribution is -2.50. The van der Waals surface area contributed by atoms with Crippen LogP contribution < -0.4 is 25.4 Å². The van der Waals surface area contributed by atoms with E-state index >= 15 is 0 Å². The molecule has 2 aliphatic heterocycles. The van der Waals surface area contributed by atoms with E-state index < -0.39 is 18.7 Å². The van der Waals surface area contributed by atoms with Crippen molar-refractivity contribution in [1.82, 2.24) is 10.3 Å². The number of thioether (sulfide) groups is 1. The van der Waals surface area contributed by atoms with Crippen LogP contribution in [0.1, 0.15) is 24.2 Å². The Labute approximate surface area is 221 Å². The van der Waals surface area contributed by atoms with Gasteiger partial charge >= 0.3 is 5.97 Å². The van der Waals surface area contributed by atoms with Gasteiger partial charge in [0.1, 0.15) is 11.5 Å². The Kier molecular flexibility index (Phi) is 7.27. The first kappa shape index (κ1) is 25.3. The molecule has 0 aliphatic carbocycles. The van der Waals surface area contributed by atoms with Crippen LogP contribution in [0.5, 0.6) is 11.5 Å². The molecule has 0 aromatic heterocycles. The number of carboxylic acids is 1. The largest absolute Gasteiger partial charge is 0.490 e. The number of carboxylic acid groups (broad SMARTS) is 1. The van der Waals surface area contributed by atoms with E-state index in [0.717, 1.165) is 0 Å². The molecule has 3 aromatic rings. The third kappa shape index (κ3) is 5.18. The molecule has 0 saturated carbocycles. The van der Waals surface area contributed by atoms with Crippen molar-refractivity contribution >= 4 is 34.5 Å². The minimum absolute atomic E-state index is 0.275. The van der Waals surface area contributed by atoms with E-state index in [2.05, 4.69) is 5.32 Å². The van der Waals surface area contributed by atoms with Crippen LogP contribution in [0.4, 0.5) is 4.39 Å². The summed E-state index contributed by atoms with van der Waals surface area (Å²) in [5.41, 5.74) is 1.48. The predicted octanol–water partition coefficient (Wildman–Crippen LogP) is 2.76. The van der Waals surface area contributed by atoms with Crippen molar-refractivity contribution < 1.29 is 28.6 Å². The number of aliphatic carboxylic acids is 1. The molecule has 5 rings (SSSR count). The summed E-state index contributed by atoms with van der Waals surface area (Å²) in [6.07, 6.45) is -0.720. The second kappa shape index (κ2) is 10.9. The molecule has 0 saturated heterocycles. The highest BCUT2D eigenvalue weighted by Crippen LogP contribution is 2.36. The first-order valence-corrected chi connectivity index (χ1v) is 12.8. The average molecular weight is 535 g/mol. The number of hydrazone groups is 1. The van der Waals surface area contributed by atoms with Crippen molar-refractivity contribution in [2.45, 2.75) is 18.8 Å². The molecule has 0 bridgehead atoms. The fraction of sp³-hybridized carbons (Fsp3) is 0.185. The molecule has 2 N–H and O–H groups in total. The number of amides is 1. The second-order valence-electron chi connectivity index (χ2n) is 8.27. The van der Waals surface area contributed by atoms with Gasteiger partial charge in [-0.05, 0) is 36.8 Å². The zero-order valence-electron chi connectivity index (χ0n) is 20.3. The molecule has 0 fully saturated rings. The van der Waals surface area contributed by atoms with Gasteiger partial charge in [0.2, 0.25) is 0 Å². The number of amidine groups is 1. The number of hydrogen-bond donors (Lipinski definition) is 2. The molecule has 9 nitrogen and oxygen atoms in total. The van der Waals surface area contributed by atoms with Gasteiger partial charge in [-0.25, -0.2) is 14.2 Å². The fourth-order valence-corrected chi connectivity index (χ4v) is 4.92. The lowest BCUT2D eigenvalue weighted by Gasteiger charge is -2.34. The summed E-state index contributed by atoms with van der Waals surface area (Å²) in [6.45, 7) is 1.62. The van der Waals surface area contributed by atoms with E-state index in [1.807, 2.05) is 18.2 Å². The normalized spacial score (nSPS) is 16.0. The minimum Gasteiger partial charge on any atom is -0.490 e. The smallest absolute Gasteiger partial charge is 0.341 e. The van der Waals surface area contributed by atoms with Gasteiger partial charge in [0.25, 0.3) is 5.91 Å². The first-order valence-electron chi connectivity index (χ1n) is 11.8. The summed E-state index contributed by atoms with van der Waals surface area (Å²) in [5.74, 6) is -0.889. The third-order valence-corrected chi connectivity index (χ3v) is 6.67. The molecule has 2 aliphatic rings. The van der Waals surface area contributed by atoms with Gasteiger partial charge in [0.05, 0.1) is 12.0 Å². The molecule has 11 heteroatoms. The summed E-state index contributed by atoms with van der Waals surface area (Å²) in [4.78, 5) is 29.2. The Balaban J connectivity index is 1.54. The third-order valence-electron chi connectivity index (χ3n) is 5.75. The number of halogens is 1. The van der Waals surface area contributed by atoms with Crippen LogP contribution in [0, 0.1) is 5.82 Å². The molecule has 0 spiro atoms. The van der Waals surface area contributed by atoms with Crippen LogP contribution >= 0.6 is 11.8 Å². The maximum absolute atomic E-state index is 14.1. The van der Waals surface area contributed by atoms with Gasteiger partial charge in [-0.3, -0.25) is 15.1 Å². The van der Waals surface area contributed by atoms with E-state index in [1.54, 1.807) is 54.4 Å². The highest BCUT2D eigenvalue weighted by molar-refractivity contribution is 8.13. The monoisotopic (exact) mass is 534 g/mol. The van der Waals surface area contributed by atoms with Crippen LogP contribution in [0.3, 0.4) is 0 Å². The van der Waals surface area contributed by atoms with E-state index in [0.29, 0.717) is 44.9 Å². The molecule has 194 valence electrons. The zero-order valence-corrected chi connectivity index (χ0v) is 21.1. The summed E-state index contributed by atoms with van der Waals surface area (Å²) in [5, 5.41) is 19.6. The van der Waals surface area contributed by atoms with Crippen LogP contribution in [-0.4, -0.2) is 40.4 Å². The number of hydrogen-bond acceptors (Lipinski definition) is 8. The Morgan fingerprint density at radius 2 is 1.89 bits per heavy atom. The van der Waals surface area contributed by atoms with Gasteiger partial charge in [0, 0.05) is 16.5 Å². The lowest BCUT2D eigenvalue weighted by atomic mass is 10.1. The highest BCUT2D eigenvalue weighted by atomic mass is 32.2. The standard InChI is InChI=1S/C27H23FN4O5S/c1-2-36-22-13-16(11-12-21(22)37-14-23(33)34)25-29-20-10-6-4-8-18(20)24-26(35)30-27(31-32(24)25)38-15-17-7-3-5-9-19(17)28/h3-13,25H,2,14-15H2,1H3,(H,33,34)(H,30,31,35). The Hall–Kier alpha value is -4.38. The Morgan fingerprint density at radius 1 is 1.11 bits per heavy atom. The Morgan fingerprint density at radius 3 is 2.68 bits per heavy atom. The predicted molar refractivity (Wildman–Crippen MR) is 139 cm³/mol. The van der Waals surface area contributed by atoms with E-state index in [-0.39, 0.29) is 23.2 Å². The molecule has 3 aromatic carbocycles. The Bertz CT molecular complexity index is 1560. The topological polar surface area (TPSA) is 113 Å². The van der Waals surface area contributed by atoms with E-state index in [9.17, 15) is 14.0 Å². The molecular formula is C27H23FN4O5S. The van der Waals surface area contributed by atoms with Crippen molar-refractivity contribution in [3.63, 3.8) is 0 Å². The van der Waals surface area contributed by atoms with Gasteiger partial charge in [-0.1, -0.05) is 54.2 Å². The van der Waals surface area contributed by atoms with Crippen LogP contribution in [0.25, 0.3) is 5.70 Å². The number of carbonyl (C=O) groups is 2. The van der Waals surface area contributed by atoms with Crippen molar-refractivity contribution in [3.8, 4) is 11.5 Å². The number of carbonyl (C=O) groups excluding carboxylic acids is 1. The summed E-state index contributed by atoms with van der Waals surface area (Å²) in [6, 6.07) is 18.8. The molecule has 38 heavy (non-hydrogen) atoms. The van der Waals surface area contributed by atoms with Crippen molar-refractivity contribution in [3.05, 3.63) is 94.3 Å². The van der Waals surface area contributed by atoms with Crippen LogP contribution in [-0.2, 0) is 15.3 Å². The average Bonchev–Trinajstić information content (AvgIpc) is 2.91. The molecular weight excluding hydrogens is 511 g/mol. The molecule has 0 radical (unpaired) electrons. The van der Waals surface area contributed by atoms with E-state index in [4.69, 9.17) is 24.7 Å². The number of nitrogens with one attached hydrogen (secondary N) is 1. The number of fused-ring (bicyclic) bond motifs is 2. The van der Waals surface area contributed by atoms with Gasteiger partial charge in [0.15, 0.2) is 29.4 Å². The van der Waals surface area contributed by atoms with Crippen molar-refractivity contribution in [1.29, 1.82) is 0 Å². The van der Waals surface area contributed by atoms with Crippen molar-refractivity contribution in [2.24, 2.45) is 10.1 Å². The fourth-order valence-electron chi connectivity index (χ4n) is 4.08. The van der Waals surface area contributed by atoms with Gasteiger partial charge in [-0.15, -0.1) is 5.10 Å². The molecule has 1 atom stereocenters. The number of para-hydroxylation sites is 1. The lowest BCUT2D eigenvalue weighted by molar-refractivity contribution is -0.139. The molecule has 2 heterocycles. The number of nitrogens with zero attached hydrogens (tertiary/aromatic N) is 3. The van der Waals surface area contributed by atoms with Gasteiger partial charge in [-0.2, -0.15) is 0 Å². The second-order valence-corrected chi connectivity index (χ2v) is 9.24. The SMILES string of the molecule is CCOc1cc(C2N=c3ccccc3=C3C(=O)NC(SCc4ccccc4F)=NN32)ccc1OCC(=O)O.